The van der Waals surface area contributed by atoms with E-state index in [-0.39, 0.29) is 11.1 Å². The average molecular weight is 587 g/mol. The predicted molar refractivity (Wildman–Crippen MR) is 167 cm³/mol. The molecular formula is C35H30N4O5. The van der Waals surface area contributed by atoms with E-state index in [1.165, 1.54) is 17.1 Å². The number of carboxylic acid groups (broad SMARTS) is 1. The van der Waals surface area contributed by atoms with Gasteiger partial charge in [0.1, 0.15) is 11.5 Å². The number of methoxy groups -OCH3 is 2. The van der Waals surface area contributed by atoms with Crippen molar-refractivity contribution in [3.8, 4) is 28.4 Å². The molecule has 44 heavy (non-hydrogen) atoms. The highest BCUT2D eigenvalue weighted by molar-refractivity contribution is 6.05. The van der Waals surface area contributed by atoms with Gasteiger partial charge in [-0.25, -0.2) is 14.5 Å². The van der Waals surface area contributed by atoms with Gasteiger partial charge in [0.05, 0.1) is 42.9 Å². The van der Waals surface area contributed by atoms with Crippen LogP contribution in [0.25, 0.3) is 16.9 Å². The molecule has 1 unspecified atom stereocenters. The smallest absolute Gasteiger partial charge is 0.335 e. The number of aromatic carboxylic acids is 1. The van der Waals surface area contributed by atoms with Crippen molar-refractivity contribution in [2.45, 2.75) is 19.4 Å². The highest BCUT2D eigenvalue weighted by atomic mass is 16.5. The van der Waals surface area contributed by atoms with E-state index in [4.69, 9.17) is 19.7 Å². The van der Waals surface area contributed by atoms with Gasteiger partial charge in [0, 0.05) is 29.3 Å². The average Bonchev–Trinajstić information content (AvgIpc) is 3.70. The highest BCUT2D eigenvalue weighted by Crippen LogP contribution is 2.39. The number of hydrogen-bond donors (Lipinski definition) is 1. The molecule has 220 valence electrons. The highest BCUT2D eigenvalue weighted by Gasteiger charge is 2.37. The minimum Gasteiger partial charge on any atom is -0.497 e. The van der Waals surface area contributed by atoms with Crippen molar-refractivity contribution in [2.24, 2.45) is 5.10 Å². The molecule has 0 spiro atoms. The summed E-state index contributed by atoms with van der Waals surface area (Å²) in [6.45, 7) is 2.03. The molecule has 0 saturated heterocycles. The van der Waals surface area contributed by atoms with Crippen molar-refractivity contribution >= 4 is 17.6 Å². The minimum absolute atomic E-state index is 0.0265. The monoisotopic (exact) mass is 586 g/mol. The normalized spacial score (nSPS) is 14.3. The van der Waals surface area contributed by atoms with Crippen LogP contribution in [0.1, 0.15) is 49.9 Å². The van der Waals surface area contributed by atoms with Crippen molar-refractivity contribution in [2.75, 3.05) is 14.2 Å². The summed E-state index contributed by atoms with van der Waals surface area (Å²) in [4.78, 5) is 25.8. The number of carbonyl (C=O) groups is 2. The van der Waals surface area contributed by atoms with Gasteiger partial charge in [-0.1, -0.05) is 35.9 Å². The van der Waals surface area contributed by atoms with Crippen molar-refractivity contribution in [3.63, 3.8) is 0 Å². The molecule has 1 aliphatic rings. The van der Waals surface area contributed by atoms with Crippen LogP contribution in [0.5, 0.6) is 11.5 Å². The van der Waals surface area contributed by atoms with Crippen LogP contribution in [0.15, 0.2) is 108 Å². The van der Waals surface area contributed by atoms with Gasteiger partial charge >= 0.3 is 5.97 Å². The van der Waals surface area contributed by atoms with Gasteiger partial charge in [-0.05, 0) is 79.2 Å². The number of nitrogens with zero attached hydrogens (tertiary/aromatic N) is 4. The van der Waals surface area contributed by atoms with Crippen LogP contribution >= 0.6 is 0 Å². The molecule has 0 fully saturated rings. The molecule has 0 saturated carbocycles. The number of carboxylic acids is 1. The first-order valence-corrected chi connectivity index (χ1v) is 14.0. The van der Waals surface area contributed by atoms with Crippen molar-refractivity contribution < 1.29 is 24.2 Å². The third-order valence-corrected chi connectivity index (χ3v) is 7.66. The van der Waals surface area contributed by atoms with Crippen molar-refractivity contribution in [1.29, 1.82) is 0 Å². The van der Waals surface area contributed by atoms with Crippen LogP contribution in [0.2, 0.25) is 0 Å². The summed E-state index contributed by atoms with van der Waals surface area (Å²) >= 11 is 0. The van der Waals surface area contributed by atoms with Gasteiger partial charge in [0.15, 0.2) is 0 Å². The first-order chi connectivity index (χ1) is 21.3. The van der Waals surface area contributed by atoms with Crippen LogP contribution in [-0.4, -0.2) is 51.7 Å². The Kier molecular flexibility index (Phi) is 7.68. The Labute approximate surface area is 254 Å². The number of ether oxygens (including phenoxy) is 2. The number of hydrazone groups is 1. The first-order valence-electron chi connectivity index (χ1n) is 14.0. The number of aryl methyl sites for hydroxylation is 1. The van der Waals surface area contributed by atoms with Crippen LogP contribution in [0.3, 0.4) is 0 Å². The van der Waals surface area contributed by atoms with Crippen molar-refractivity contribution in [3.05, 3.63) is 131 Å². The van der Waals surface area contributed by atoms with Crippen LogP contribution < -0.4 is 9.47 Å². The topological polar surface area (TPSA) is 106 Å². The Bertz CT molecular complexity index is 1860. The molecule has 1 N–H and O–H groups in total. The minimum atomic E-state index is -1.11. The van der Waals surface area contributed by atoms with E-state index in [1.807, 2.05) is 85.9 Å². The maximum Gasteiger partial charge on any atom is 0.335 e. The van der Waals surface area contributed by atoms with E-state index < -0.39 is 17.9 Å². The Morgan fingerprint density at radius 1 is 0.818 bits per heavy atom. The van der Waals surface area contributed by atoms with E-state index >= 15 is 0 Å². The zero-order valence-corrected chi connectivity index (χ0v) is 24.5. The lowest BCUT2D eigenvalue weighted by atomic mass is 9.95. The van der Waals surface area contributed by atoms with E-state index in [0.717, 1.165) is 33.7 Å². The summed E-state index contributed by atoms with van der Waals surface area (Å²) in [6.07, 6.45) is 2.35. The zero-order chi connectivity index (χ0) is 30.8. The Morgan fingerprint density at radius 3 is 2.07 bits per heavy atom. The largest absolute Gasteiger partial charge is 0.497 e. The molecule has 9 heteroatoms. The van der Waals surface area contributed by atoms with Crippen LogP contribution in [0.4, 0.5) is 0 Å². The molecule has 0 aliphatic carbocycles. The Hall–Kier alpha value is -5.70. The molecular weight excluding hydrogens is 556 g/mol. The summed E-state index contributed by atoms with van der Waals surface area (Å²) in [6, 6.07) is 28.7. The summed E-state index contributed by atoms with van der Waals surface area (Å²) in [5.74, 6) is -0.0746. The second kappa shape index (κ2) is 11.9. The van der Waals surface area contributed by atoms with Gasteiger partial charge in [-0.15, -0.1) is 0 Å². The molecule has 1 atom stereocenters. The number of benzene rings is 4. The molecule has 1 aromatic heterocycles. The fraction of sp³-hybridized carbons (Fsp3) is 0.143. The second-order valence-electron chi connectivity index (χ2n) is 10.5. The number of amides is 1. The first kappa shape index (κ1) is 28.4. The van der Waals surface area contributed by atoms with Gasteiger partial charge in [-0.3, -0.25) is 4.79 Å². The molecule has 1 amide bonds. The van der Waals surface area contributed by atoms with Gasteiger partial charge < -0.3 is 14.6 Å². The lowest BCUT2D eigenvalue weighted by Crippen LogP contribution is -2.27. The molecule has 5 aromatic rings. The van der Waals surface area contributed by atoms with Gasteiger partial charge in [0.25, 0.3) is 5.91 Å². The molecule has 0 bridgehead atoms. The number of carbonyl (C=O) groups excluding carboxylic acids is 1. The quantitative estimate of drug-likeness (QED) is 0.221. The lowest BCUT2D eigenvalue weighted by molar-refractivity contribution is 0.0697. The van der Waals surface area contributed by atoms with E-state index in [0.29, 0.717) is 23.6 Å². The molecule has 1 aliphatic heterocycles. The summed E-state index contributed by atoms with van der Waals surface area (Å²) < 4.78 is 12.5. The Balaban J connectivity index is 1.48. The molecule has 0 radical (unpaired) electrons. The number of rotatable bonds is 8. The van der Waals surface area contributed by atoms with Crippen LogP contribution in [-0.2, 0) is 0 Å². The molecule has 6 rings (SSSR count). The third-order valence-electron chi connectivity index (χ3n) is 7.66. The second-order valence-corrected chi connectivity index (χ2v) is 10.5. The third kappa shape index (κ3) is 5.55. The van der Waals surface area contributed by atoms with E-state index in [1.54, 1.807) is 31.0 Å². The molecule has 2 heterocycles. The predicted octanol–water partition coefficient (Wildman–Crippen LogP) is 6.55. The van der Waals surface area contributed by atoms with E-state index in [2.05, 4.69) is 0 Å². The zero-order valence-electron chi connectivity index (χ0n) is 24.5. The fourth-order valence-electron chi connectivity index (χ4n) is 5.25. The van der Waals surface area contributed by atoms with Crippen molar-refractivity contribution in [1.82, 2.24) is 14.8 Å². The maximum atomic E-state index is 14.1. The van der Waals surface area contributed by atoms with Gasteiger partial charge in [0.2, 0.25) is 0 Å². The Morgan fingerprint density at radius 2 is 1.43 bits per heavy atom. The summed E-state index contributed by atoms with van der Waals surface area (Å²) in [5, 5.41) is 20.8. The molecule has 4 aromatic carbocycles. The number of hydrogen-bond acceptors (Lipinski definition) is 6. The van der Waals surface area contributed by atoms with E-state index in [9.17, 15) is 14.7 Å². The standard InChI is InChI=1S/C35H30N4O5/c1-22-7-9-24(10-8-22)33-30(21-38(37-33)27-13-17-29(44-3)18-14-27)32-20-31(23-11-15-28(43-2)16-12-23)36-39(32)34(40)25-5-4-6-26(19-25)35(41)42/h4-19,21,32H,20H2,1-3H3,(H,41,42). The summed E-state index contributed by atoms with van der Waals surface area (Å²) in [7, 11) is 3.23. The maximum absolute atomic E-state index is 14.1. The molecule has 9 nitrogen and oxygen atoms in total. The summed E-state index contributed by atoms with van der Waals surface area (Å²) in [5.41, 5.74) is 6.19. The van der Waals surface area contributed by atoms with Gasteiger partial charge in [-0.2, -0.15) is 10.2 Å². The SMILES string of the molecule is COc1ccc(C2=NN(C(=O)c3cccc(C(=O)O)c3)C(c3cn(-c4ccc(OC)cc4)nc3-c3ccc(C)cc3)C2)cc1. The lowest BCUT2D eigenvalue weighted by Gasteiger charge is -2.22. The fourth-order valence-corrected chi connectivity index (χ4v) is 5.25. The number of aromatic nitrogens is 2. The van der Waals surface area contributed by atoms with Crippen LogP contribution in [0, 0.1) is 6.92 Å².